The summed E-state index contributed by atoms with van der Waals surface area (Å²) in [7, 11) is 0. The highest BCUT2D eigenvalue weighted by molar-refractivity contribution is 5.74. The van der Waals surface area contributed by atoms with Gasteiger partial charge in [-0.25, -0.2) is 0 Å². The van der Waals surface area contributed by atoms with Gasteiger partial charge in [0.2, 0.25) is 5.91 Å². The molecule has 15 heavy (non-hydrogen) atoms. The first-order valence-corrected chi connectivity index (χ1v) is 5.13. The second-order valence-electron chi connectivity index (χ2n) is 4.19. The Morgan fingerprint density at radius 1 is 1.60 bits per heavy atom. The number of carbonyl (C=O) groups excluding carboxylic acids is 1. The average Bonchev–Trinajstić information content (AvgIpc) is 2.72. The van der Waals surface area contributed by atoms with Gasteiger partial charge in [0, 0.05) is 13.5 Å². The minimum absolute atomic E-state index is 0.0610. The molecule has 0 radical (unpaired) electrons. The third kappa shape index (κ3) is 1.52. The Morgan fingerprint density at radius 2 is 2.33 bits per heavy atom. The van der Waals surface area contributed by atoms with Gasteiger partial charge in [-0.15, -0.1) is 0 Å². The fourth-order valence-corrected chi connectivity index (χ4v) is 2.21. The summed E-state index contributed by atoms with van der Waals surface area (Å²) >= 11 is 0. The molecular weight excluding hydrogens is 194 g/mol. The zero-order valence-electron chi connectivity index (χ0n) is 9.28. The topological polar surface area (TPSA) is 59.2 Å². The van der Waals surface area contributed by atoms with E-state index in [1.54, 1.807) is 18.7 Å². The van der Waals surface area contributed by atoms with E-state index in [2.05, 4.69) is 10.1 Å². The molecule has 0 N–H and O–H groups in total. The smallest absolute Gasteiger partial charge is 0.252 e. The molecule has 0 spiro atoms. The minimum atomic E-state index is -0.410. The summed E-state index contributed by atoms with van der Waals surface area (Å²) in [5, 5.41) is 3.78. The molecule has 2 heterocycles. The highest BCUT2D eigenvalue weighted by Crippen LogP contribution is 2.37. The molecule has 2 rings (SSSR count). The number of likely N-dealkylation sites (tertiary alicyclic amines) is 1. The lowest BCUT2D eigenvalue weighted by Gasteiger charge is -2.30. The molecule has 82 valence electrons. The Labute approximate surface area is 88.5 Å². The number of amides is 1. The van der Waals surface area contributed by atoms with Gasteiger partial charge in [0.1, 0.15) is 5.54 Å². The lowest BCUT2D eigenvalue weighted by atomic mass is 9.99. The van der Waals surface area contributed by atoms with E-state index in [-0.39, 0.29) is 5.91 Å². The second kappa shape index (κ2) is 3.32. The standard InChI is InChI=1S/C10H15N3O2/c1-7-11-9(15-12-7)10(3)5-4-6-13(10)8(2)14/h4-6H2,1-3H3/t10-/m1/s1. The SMILES string of the molecule is CC(=O)N1CCC[C@]1(C)c1nc(C)no1. The number of nitrogens with zero attached hydrogens (tertiary/aromatic N) is 3. The van der Waals surface area contributed by atoms with Crippen LogP contribution in [0.15, 0.2) is 4.52 Å². The number of carbonyl (C=O) groups is 1. The van der Waals surface area contributed by atoms with Gasteiger partial charge in [-0.05, 0) is 26.7 Å². The maximum absolute atomic E-state index is 11.5. The third-order valence-corrected chi connectivity index (χ3v) is 3.01. The van der Waals surface area contributed by atoms with Crippen LogP contribution in [0.3, 0.4) is 0 Å². The quantitative estimate of drug-likeness (QED) is 0.698. The lowest BCUT2D eigenvalue weighted by molar-refractivity contribution is -0.133. The molecule has 1 aliphatic rings. The zero-order chi connectivity index (χ0) is 11.1. The van der Waals surface area contributed by atoms with Gasteiger partial charge in [0.25, 0.3) is 5.89 Å². The Hall–Kier alpha value is -1.39. The summed E-state index contributed by atoms with van der Waals surface area (Å²) in [5.41, 5.74) is -0.410. The van der Waals surface area contributed by atoms with Crippen LogP contribution >= 0.6 is 0 Å². The molecule has 5 heteroatoms. The van der Waals surface area contributed by atoms with E-state index in [0.717, 1.165) is 19.4 Å². The molecule has 1 fully saturated rings. The van der Waals surface area contributed by atoms with Crippen molar-refractivity contribution < 1.29 is 9.32 Å². The molecule has 1 atom stereocenters. The van der Waals surface area contributed by atoms with E-state index >= 15 is 0 Å². The highest BCUT2D eigenvalue weighted by atomic mass is 16.5. The fraction of sp³-hybridized carbons (Fsp3) is 0.700. The normalized spacial score (nSPS) is 25.9. The number of hydrogen-bond acceptors (Lipinski definition) is 4. The van der Waals surface area contributed by atoms with Gasteiger partial charge in [-0.1, -0.05) is 5.16 Å². The van der Waals surface area contributed by atoms with Crippen molar-refractivity contribution in [3.63, 3.8) is 0 Å². The summed E-state index contributed by atoms with van der Waals surface area (Å²) < 4.78 is 5.18. The largest absolute Gasteiger partial charge is 0.337 e. The lowest BCUT2D eigenvalue weighted by Crippen LogP contribution is -2.41. The van der Waals surface area contributed by atoms with Crippen molar-refractivity contribution in [1.29, 1.82) is 0 Å². The molecule has 0 aliphatic carbocycles. The molecule has 0 aromatic carbocycles. The van der Waals surface area contributed by atoms with E-state index in [9.17, 15) is 4.79 Å². The van der Waals surface area contributed by atoms with E-state index in [0.29, 0.717) is 11.7 Å². The van der Waals surface area contributed by atoms with Gasteiger partial charge in [0.15, 0.2) is 5.82 Å². The van der Waals surface area contributed by atoms with Crippen LogP contribution in [0.1, 0.15) is 38.4 Å². The Morgan fingerprint density at radius 3 is 2.87 bits per heavy atom. The maximum Gasteiger partial charge on any atom is 0.252 e. The van der Waals surface area contributed by atoms with E-state index in [1.165, 1.54) is 0 Å². The van der Waals surface area contributed by atoms with Crippen LogP contribution in [-0.2, 0) is 10.3 Å². The van der Waals surface area contributed by atoms with Gasteiger partial charge >= 0.3 is 0 Å². The summed E-state index contributed by atoms with van der Waals surface area (Å²) in [5.74, 6) is 1.22. The molecule has 0 unspecified atom stereocenters. The minimum Gasteiger partial charge on any atom is -0.337 e. The number of aryl methyl sites for hydroxylation is 1. The van der Waals surface area contributed by atoms with Crippen molar-refractivity contribution in [2.45, 2.75) is 39.2 Å². The fourth-order valence-electron chi connectivity index (χ4n) is 2.21. The van der Waals surface area contributed by atoms with Gasteiger partial charge in [-0.3, -0.25) is 4.79 Å². The molecule has 0 bridgehead atoms. The van der Waals surface area contributed by atoms with Crippen LogP contribution < -0.4 is 0 Å². The van der Waals surface area contributed by atoms with Crippen molar-refractivity contribution >= 4 is 5.91 Å². The molecular formula is C10H15N3O2. The van der Waals surface area contributed by atoms with Crippen molar-refractivity contribution in [3.8, 4) is 0 Å². The first kappa shape index (κ1) is 10.1. The second-order valence-corrected chi connectivity index (χ2v) is 4.19. The maximum atomic E-state index is 11.5. The van der Waals surface area contributed by atoms with Crippen molar-refractivity contribution in [3.05, 3.63) is 11.7 Å². The van der Waals surface area contributed by atoms with Crippen molar-refractivity contribution in [2.75, 3.05) is 6.54 Å². The summed E-state index contributed by atoms with van der Waals surface area (Å²) in [6.07, 6.45) is 1.87. The van der Waals surface area contributed by atoms with Crippen LogP contribution in [0.4, 0.5) is 0 Å². The molecule has 1 amide bonds. The summed E-state index contributed by atoms with van der Waals surface area (Å²) in [4.78, 5) is 17.5. The molecule has 0 saturated carbocycles. The molecule has 1 saturated heterocycles. The van der Waals surface area contributed by atoms with Crippen LogP contribution in [-0.4, -0.2) is 27.5 Å². The Balaban J connectivity index is 2.36. The summed E-state index contributed by atoms with van der Waals surface area (Å²) in [6.45, 7) is 6.11. The van der Waals surface area contributed by atoms with Crippen LogP contribution in [0.2, 0.25) is 0 Å². The van der Waals surface area contributed by atoms with Gasteiger partial charge < -0.3 is 9.42 Å². The first-order valence-electron chi connectivity index (χ1n) is 5.13. The monoisotopic (exact) mass is 209 g/mol. The molecule has 1 aromatic heterocycles. The van der Waals surface area contributed by atoms with Crippen LogP contribution in [0, 0.1) is 6.92 Å². The van der Waals surface area contributed by atoms with E-state index in [1.807, 2.05) is 6.92 Å². The summed E-state index contributed by atoms with van der Waals surface area (Å²) in [6, 6.07) is 0. The molecule has 5 nitrogen and oxygen atoms in total. The highest BCUT2D eigenvalue weighted by Gasteiger charge is 2.44. The molecule has 1 aliphatic heterocycles. The Kier molecular flexibility index (Phi) is 2.25. The first-order chi connectivity index (χ1) is 7.04. The predicted molar refractivity (Wildman–Crippen MR) is 53.0 cm³/mol. The predicted octanol–water partition coefficient (Wildman–Crippen LogP) is 1.24. The van der Waals surface area contributed by atoms with Crippen LogP contribution in [0.5, 0.6) is 0 Å². The zero-order valence-corrected chi connectivity index (χ0v) is 9.28. The third-order valence-electron chi connectivity index (χ3n) is 3.01. The van der Waals surface area contributed by atoms with Crippen LogP contribution in [0.25, 0.3) is 0 Å². The van der Waals surface area contributed by atoms with Crippen molar-refractivity contribution in [2.24, 2.45) is 0 Å². The molecule has 1 aromatic rings. The van der Waals surface area contributed by atoms with Gasteiger partial charge in [-0.2, -0.15) is 4.98 Å². The number of hydrogen-bond donors (Lipinski definition) is 0. The average molecular weight is 209 g/mol. The van der Waals surface area contributed by atoms with Gasteiger partial charge in [0.05, 0.1) is 0 Å². The number of rotatable bonds is 1. The van der Waals surface area contributed by atoms with E-state index < -0.39 is 5.54 Å². The van der Waals surface area contributed by atoms with Crippen molar-refractivity contribution in [1.82, 2.24) is 15.0 Å². The van der Waals surface area contributed by atoms with E-state index in [4.69, 9.17) is 4.52 Å². The number of aromatic nitrogens is 2. The Bertz CT molecular complexity index is 388.